The lowest BCUT2D eigenvalue weighted by molar-refractivity contribution is 0.297. The zero-order chi connectivity index (χ0) is 8.53. The van der Waals surface area contributed by atoms with E-state index in [1.165, 1.54) is 19.3 Å². The monoisotopic (exact) mass is 161 g/mol. The Labute approximate surface area is 69.6 Å². The van der Waals surface area contributed by atoms with Crippen LogP contribution in [0.1, 0.15) is 33.1 Å². The second-order valence-electron chi connectivity index (χ2n) is 2.94. The molecule has 1 fully saturated rings. The second-order valence-corrected chi connectivity index (χ2v) is 2.94. The quantitative estimate of drug-likeness (QED) is 0.601. The van der Waals surface area contributed by atoms with Gasteiger partial charge >= 0.3 is 0 Å². The molecule has 2 heteroatoms. The summed E-state index contributed by atoms with van der Waals surface area (Å²) in [6.07, 6.45) is 3.78. The predicted octanol–water partition coefficient (Wildman–Crippen LogP) is 2.47. The highest BCUT2D eigenvalue weighted by molar-refractivity contribution is 4.64. The van der Waals surface area contributed by atoms with E-state index >= 15 is 0 Å². The van der Waals surface area contributed by atoms with Gasteiger partial charge in [0.15, 0.2) is 0 Å². The molecule has 0 aromatic rings. The minimum Gasteiger partial charge on any atom is -0.301 e. The highest BCUT2D eigenvalue weighted by Gasteiger charge is 2.09. The molecule has 68 valence electrons. The van der Waals surface area contributed by atoms with E-state index in [-0.39, 0.29) is 6.67 Å². The van der Waals surface area contributed by atoms with Crippen molar-refractivity contribution in [3.8, 4) is 0 Å². The molecular weight excluding hydrogens is 141 g/mol. The van der Waals surface area contributed by atoms with Crippen LogP contribution in [0.4, 0.5) is 4.39 Å². The van der Waals surface area contributed by atoms with Crippen molar-refractivity contribution in [1.82, 2.24) is 4.90 Å². The van der Waals surface area contributed by atoms with Crippen molar-refractivity contribution in [2.75, 3.05) is 26.3 Å². The fourth-order valence-electron chi connectivity index (χ4n) is 1.13. The number of nitrogens with zero attached hydrogens (tertiary/aromatic N) is 1. The predicted molar refractivity (Wildman–Crippen MR) is 47.6 cm³/mol. The largest absolute Gasteiger partial charge is 0.301 e. The van der Waals surface area contributed by atoms with Gasteiger partial charge in [0.25, 0.3) is 0 Å². The molecule has 0 amide bonds. The third kappa shape index (κ3) is 6.29. The SMILES string of the molecule is CCC.FCCN1CCCC1. The average Bonchev–Trinajstić information content (AvgIpc) is 2.42. The first-order valence-electron chi connectivity index (χ1n) is 4.63. The van der Waals surface area contributed by atoms with Crippen LogP contribution in [-0.4, -0.2) is 31.2 Å². The van der Waals surface area contributed by atoms with Crippen molar-refractivity contribution < 1.29 is 4.39 Å². The summed E-state index contributed by atoms with van der Waals surface area (Å²) < 4.78 is 11.6. The van der Waals surface area contributed by atoms with Crippen molar-refractivity contribution >= 4 is 0 Å². The van der Waals surface area contributed by atoms with Gasteiger partial charge in [0.1, 0.15) is 6.67 Å². The lowest BCUT2D eigenvalue weighted by atomic mass is 10.4. The van der Waals surface area contributed by atoms with Crippen LogP contribution < -0.4 is 0 Å². The molecule has 1 aliphatic heterocycles. The molecule has 1 nitrogen and oxygen atoms in total. The first-order chi connectivity index (χ1) is 5.35. The van der Waals surface area contributed by atoms with E-state index in [0.29, 0.717) is 6.54 Å². The molecule has 0 N–H and O–H groups in total. The molecule has 0 aliphatic carbocycles. The second kappa shape index (κ2) is 7.99. The van der Waals surface area contributed by atoms with Crippen molar-refractivity contribution in [3.63, 3.8) is 0 Å². The minimum absolute atomic E-state index is 0.181. The summed E-state index contributed by atoms with van der Waals surface area (Å²) in [7, 11) is 0. The Morgan fingerprint density at radius 2 is 1.64 bits per heavy atom. The summed E-state index contributed by atoms with van der Waals surface area (Å²) in [5.41, 5.74) is 0. The topological polar surface area (TPSA) is 3.24 Å². The Kier molecular flexibility index (Phi) is 7.91. The summed E-state index contributed by atoms with van der Waals surface area (Å²) in [4.78, 5) is 2.17. The summed E-state index contributed by atoms with van der Waals surface area (Å²) in [5, 5.41) is 0. The van der Waals surface area contributed by atoms with Crippen LogP contribution in [-0.2, 0) is 0 Å². The zero-order valence-corrected chi connectivity index (χ0v) is 7.77. The van der Waals surface area contributed by atoms with Crippen LogP contribution in [0.3, 0.4) is 0 Å². The zero-order valence-electron chi connectivity index (χ0n) is 7.77. The molecular formula is C9H20FN. The highest BCUT2D eigenvalue weighted by Crippen LogP contribution is 2.05. The Hall–Kier alpha value is -0.110. The molecule has 0 saturated carbocycles. The Bertz CT molecular complexity index is 70.0. The maximum Gasteiger partial charge on any atom is 0.102 e. The smallest absolute Gasteiger partial charge is 0.102 e. The van der Waals surface area contributed by atoms with Gasteiger partial charge in [-0.1, -0.05) is 20.3 Å². The third-order valence-corrected chi connectivity index (χ3v) is 1.60. The summed E-state index contributed by atoms with van der Waals surface area (Å²) in [5.74, 6) is 0. The van der Waals surface area contributed by atoms with Crippen molar-refractivity contribution in [2.45, 2.75) is 33.1 Å². The Balaban J connectivity index is 0.000000292. The highest BCUT2D eigenvalue weighted by atomic mass is 19.1. The molecule has 1 rings (SSSR count). The normalized spacial score (nSPS) is 17.7. The van der Waals surface area contributed by atoms with E-state index in [4.69, 9.17) is 0 Å². The van der Waals surface area contributed by atoms with E-state index in [1.54, 1.807) is 0 Å². The van der Waals surface area contributed by atoms with Crippen LogP contribution in [0.15, 0.2) is 0 Å². The van der Waals surface area contributed by atoms with Gasteiger partial charge < -0.3 is 4.90 Å². The molecule has 1 aliphatic rings. The standard InChI is InChI=1S/C6H12FN.C3H8/c7-3-6-8-4-1-2-5-8;1-3-2/h1-6H2;3H2,1-2H3. The molecule has 11 heavy (non-hydrogen) atoms. The molecule has 0 spiro atoms. The molecule has 0 aromatic heterocycles. The van der Waals surface area contributed by atoms with Crippen molar-refractivity contribution in [3.05, 3.63) is 0 Å². The summed E-state index contributed by atoms with van der Waals surface area (Å²) in [6.45, 7) is 6.95. The number of alkyl halides is 1. The molecule has 0 bridgehead atoms. The Morgan fingerprint density at radius 3 is 2.00 bits per heavy atom. The number of hydrogen-bond donors (Lipinski definition) is 0. The van der Waals surface area contributed by atoms with E-state index < -0.39 is 0 Å². The van der Waals surface area contributed by atoms with Gasteiger partial charge in [0.2, 0.25) is 0 Å². The van der Waals surface area contributed by atoms with Crippen LogP contribution in [0.5, 0.6) is 0 Å². The van der Waals surface area contributed by atoms with Crippen LogP contribution in [0, 0.1) is 0 Å². The lowest BCUT2D eigenvalue weighted by Gasteiger charge is -2.09. The molecule has 1 heterocycles. The third-order valence-electron chi connectivity index (χ3n) is 1.60. The van der Waals surface area contributed by atoms with Gasteiger partial charge in [0.05, 0.1) is 0 Å². The minimum atomic E-state index is -0.181. The molecule has 1 saturated heterocycles. The maximum absolute atomic E-state index is 11.6. The molecule has 0 radical (unpaired) electrons. The van der Waals surface area contributed by atoms with Gasteiger partial charge in [-0.3, -0.25) is 0 Å². The number of likely N-dealkylation sites (tertiary alicyclic amines) is 1. The van der Waals surface area contributed by atoms with E-state index in [1.807, 2.05) is 0 Å². The fraction of sp³-hybridized carbons (Fsp3) is 1.00. The summed E-state index contributed by atoms with van der Waals surface area (Å²) in [6, 6.07) is 0. The van der Waals surface area contributed by atoms with Gasteiger partial charge in [0, 0.05) is 6.54 Å². The summed E-state index contributed by atoms with van der Waals surface area (Å²) >= 11 is 0. The fourth-order valence-corrected chi connectivity index (χ4v) is 1.13. The number of rotatable bonds is 2. The van der Waals surface area contributed by atoms with E-state index in [2.05, 4.69) is 18.7 Å². The van der Waals surface area contributed by atoms with Gasteiger partial charge in [-0.2, -0.15) is 0 Å². The van der Waals surface area contributed by atoms with E-state index in [0.717, 1.165) is 13.1 Å². The number of hydrogen-bond acceptors (Lipinski definition) is 1. The molecule has 0 aromatic carbocycles. The van der Waals surface area contributed by atoms with Gasteiger partial charge in [-0.15, -0.1) is 0 Å². The van der Waals surface area contributed by atoms with Crippen molar-refractivity contribution in [1.29, 1.82) is 0 Å². The van der Waals surface area contributed by atoms with Crippen molar-refractivity contribution in [2.24, 2.45) is 0 Å². The van der Waals surface area contributed by atoms with E-state index in [9.17, 15) is 4.39 Å². The first kappa shape index (κ1) is 10.9. The van der Waals surface area contributed by atoms with Crippen LogP contribution in [0.2, 0.25) is 0 Å². The van der Waals surface area contributed by atoms with Crippen LogP contribution in [0.25, 0.3) is 0 Å². The lowest BCUT2D eigenvalue weighted by Crippen LogP contribution is -2.21. The molecule has 0 unspecified atom stereocenters. The van der Waals surface area contributed by atoms with Gasteiger partial charge in [-0.05, 0) is 25.9 Å². The maximum atomic E-state index is 11.6. The Morgan fingerprint density at radius 1 is 1.18 bits per heavy atom. The number of halogens is 1. The first-order valence-corrected chi connectivity index (χ1v) is 4.63. The van der Waals surface area contributed by atoms with Crippen LogP contribution >= 0.6 is 0 Å². The average molecular weight is 161 g/mol. The molecule has 0 atom stereocenters. The van der Waals surface area contributed by atoms with Gasteiger partial charge in [-0.25, -0.2) is 4.39 Å².